The molecule has 1 heterocycles. The summed E-state index contributed by atoms with van der Waals surface area (Å²) >= 11 is 0. The molecule has 1 aliphatic heterocycles. The lowest BCUT2D eigenvalue weighted by atomic mass is 9.80. The lowest BCUT2D eigenvalue weighted by Gasteiger charge is -2.52. The van der Waals surface area contributed by atoms with E-state index in [0.717, 1.165) is 6.54 Å². The van der Waals surface area contributed by atoms with Gasteiger partial charge >= 0.3 is 0 Å². The fourth-order valence-electron chi connectivity index (χ4n) is 3.02. The van der Waals surface area contributed by atoms with Crippen molar-refractivity contribution in [3.05, 3.63) is 0 Å². The SMILES string of the molecule is CC1(C)CCCC(C)(C)N1CCN=C(N)NC#N. The number of rotatable bonds is 3. The summed E-state index contributed by atoms with van der Waals surface area (Å²) in [5.41, 5.74) is 5.94. The van der Waals surface area contributed by atoms with Crippen LogP contribution in [0.5, 0.6) is 0 Å². The van der Waals surface area contributed by atoms with E-state index in [0.29, 0.717) is 6.54 Å². The first kappa shape index (κ1) is 14.8. The van der Waals surface area contributed by atoms with E-state index < -0.39 is 0 Å². The van der Waals surface area contributed by atoms with Crippen molar-refractivity contribution >= 4 is 5.96 Å². The van der Waals surface area contributed by atoms with Gasteiger partial charge in [-0.25, -0.2) is 0 Å². The molecule has 0 aromatic heterocycles. The Morgan fingerprint density at radius 1 is 1.33 bits per heavy atom. The summed E-state index contributed by atoms with van der Waals surface area (Å²) in [5.74, 6) is 0.199. The highest BCUT2D eigenvalue weighted by molar-refractivity contribution is 5.79. The third-order valence-electron chi connectivity index (χ3n) is 3.83. The molecule has 0 saturated carbocycles. The fraction of sp³-hybridized carbons (Fsp3) is 0.846. The standard InChI is InChI=1S/C13H25N5/c1-12(2)6-5-7-13(3,4)18(12)9-8-16-11(15)17-10-14/h5-9H2,1-4H3,(H3,15,16,17). The molecule has 1 fully saturated rings. The lowest BCUT2D eigenvalue weighted by Crippen LogP contribution is -2.59. The van der Waals surface area contributed by atoms with E-state index >= 15 is 0 Å². The number of aliphatic imine (C=N–C) groups is 1. The highest BCUT2D eigenvalue weighted by atomic mass is 15.3. The van der Waals surface area contributed by atoms with Crippen LogP contribution in [0.1, 0.15) is 47.0 Å². The van der Waals surface area contributed by atoms with Gasteiger partial charge in [0.1, 0.15) is 0 Å². The number of guanidine groups is 1. The summed E-state index contributed by atoms with van der Waals surface area (Å²) in [7, 11) is 0. The predicted molar refractivity (Wildman–Crippen MR) is 74.0 cm³/mol. The molecule has 1 rings (SSSR count). The Labute approximate surface area is 110 Å². The maximum absolute atomic E-state index is 8.42. The Hall–Kier alpha value is -1.28. The number of piperidine rings is 1. The highest BCUT2D eigenvalue weighted by Crippen LogP contribution is 2.37. The van der Waals surface area contributed by atoms with Gasteiger partial charge in [-0.15, -0.1) is 0 Å². The van der Waals surface area contributed by atoms with Crippen LogP contribution in [0.3, 0.4) is 0 Å². The monoisotopic (exact) mass is 251 g/mol. The number of nitrogens with one attached hydrogen (secondary N) is 1. The second kappa shape index (κ2) is 5.57. The van der Waals surface area contributed by atoms with Crippen LogP contribution in [0, 0.1) is 11.5 Å². The summed E-state index contributed by atoms with van der Waals surface area (Å²) in [6.07, 6.45) is 5.47. The van der Waals surface area contributed by atoms with Crippen LogP contribution in [0.15, 0.2) is 4.99 Å². The molecule has 1 aliphatic rings. The third kappa shape index (κ3) is 3.61. The van der Waals surface area contributed by atoms with Crippen molar-refractivity contribution in [3.63, 3.8) is 0 Å². The first-order valence-corrected chi connectivity index (χ1v) is 6.52. The summed E-state index contributed by atoms with van der Waals surface area (Å²) in [6.45, 7) is 10.6. The molecular weight excluding hydrogens is 226 g/mol. The Balaban J connectivity index is 2.63. The van der Waals surface area contributed by atoms with Crippen LogP contribution in [0.4, 0.5) is 0 Å². The van der Waals surface area contributed by atoms with Gasteiger partial charge in [0.2, 0.25) is 5.96 Å². The zero-order valence-corrected chi connectivity index (χ0v) is 12.0. The maximum Gasteiger partial charge on any atom is 0.202 e. The summed E-state index contributed by atoms with van der Waals surface area (Å²) in [5, 5.41) is 10.8. The second-order valence-electron chi connectivity index (χ2n) is 6.13. The first-order valence-electron chi connectivity index (χ1n) is 6.52. The molecule has 18 heavy (non-hydrogen) atoms. The lowest BCUT2D eigenvalue weighted by molar-refractivity contribution is -0.0236. The van der Waals surface area contributed by atoms with Crippen molar-refractivity contribution < 1.29 is 0 Å². The molecule has 0 atom stereocenters. The molecule has 0 amide bonds. The number of nitriles is 1. The van der Waals surface area contributed by atoms with E-state index in [4.69, 9.17) is 11.0 Å². The molecule has 0 bridgehead atoms. The maximum atomic E-state index is 8.42. The van der Waals surface area contributed by atoms with Crippen LogP contribution in [0.2, 0.25) is 0 Å². The van der Waals surface area contributed by atoms with Crippen LogP contribution in [0.25, 0.3) is 0 Å². The largest absolute Gasteiger partial charge is 0.369 e. The van der Waals surface area contributed by atoms with Crippen molar-refractivity contribution in [2.45, 2.75) is 58.0 Å². The van der Waals surface area contributed by atoms with E-state index in [1.165, 1.54) is 19.3 Å². The number of nitrogens with two attached hydrogens (primary N) is 1. The Kier molecular flexibility index (Phi) is 4.58. The molecule has 0 aliphatic carbocycles. The minimum atomic E-state index is 0.199. The van der Waals surface area contributed by atoms with Crippen molar-refractivity contribution in [3.8, 4) is 6.19 Å². The molecule has 0 aromatic rings. The zero-order chi connectivity index (χ0) is 13.8. The summed E-state index contributed by atoms with van der Waals surface area (Å²) in [6, 6.07) is 0. The van der Waals surface area contributed by atoms with Gasteiger partial charge in [0.05, 0.1) is 6.54 Å². The average Bonchev–Trinajstić information content (AvgIpc) is 2.21. The topological polar surface area (TPSA) is 77.4 Å². The molecule has 5 heteroatoms. The molecule has 0 aromatic carbocycles. The van der Waals surface area contributed by atoms with Gasteiger partial charge in [0, 0.05) is 17.6 Å². The van der Waals surface area contributed by atoms with Gasteiger partial charge < -0.3 is 5.73 Å². The van der Waals surface area contributed by atoms with E-state index in [2.05, 4.69) is 42.9 Å². The van der Waals surface area contributed by atoms with Gasteiger partial charge in [0.25, 0.3) is 0 Å². The van der Waals surface area contributed by atoms with E-state index in [9.17, 15) is 0 Å². The molecule has 3 N–H and O–H groups in total. The van der Waals surface area contributed by atoms with Gasteiger partial charge in [-0.05, 0) is 47.0 Å². The molecular formula is C13H25N5. The van der Waals surface area contributed by atoms with Crippen molar-refractivity contribution in [2.75, 3.05) is 13.1 Å². The Morgan fingerprint density at radius 3 is 2.39 bits per heavy atom. The fourth-order valence-corrected chi connectivity index (χ4v) is 3.02. The smallest absolute Gasteiger partial charge is 0.202 e. The van der Waals surface area contributed by atoms with Crippen LogP contribution < -0.4 is 11.1 Å². The van der Waals surface area contributed by atoms with Gasteiger partial charge in [-0.2, -0.15) is 5.26 Å². The quantitative estimate of drug-likeness (QED) is 0.344. The first-order chi connectivity index (χ1) is 8.29. The average molecular weight is 251 g/mol. The number of nitrogens with zero attached hydrogens (tertiary/aromatic N) is 3. The number of hydrogen-bond acceptors (Lipinski definition) is 3. The Bertz CT molecular complexity index is 335. The number of likely N-dealkylation sites (tertiary alicyclic amines) is 1. The summed E-state index contributed by atoms with van der Waals surface area (Å²) in [4.78, 5) is 6.66. The predicted octanol–water partition coefficient (Wildman–Crippen LogP) is 1.41. The van der Waals surface area contributed by atoms with Crippen molar-refractivity contribution in [1.29, 1.82) is 5.26 Å². The second-order valence-corrected chi connectivity index (χ2v) is 6.13. The van der Waals surface area contributed by atoms with E-state index in [1.54, 1.807) is 6.19 Å². The summed E-state index contributed by atoms with van der Waals surface area (Å²) < 4.78 is 0. The molecule has 1 saturated heterocycles. The van der Waals surface area contributed by atoms with Gasteiger partial charge in [-0.1, -0.05) is 0 Å². The molecule has 0 spiro atoms. The minimum absolute atomic E-state index is 0.199. The zero-order valence-electron chi connectivity index (χ0n) is 12.0. The van der Waals surface area contributed by atoms with Gasteiger partial charge in [-0.3, -0.25) is 15.2 Å². The van der Waals surface area contributed by atoms with Crippen molar-refractivity contribution in [2.24, 2.45) is 10.7 Å². The van der Waals surface area contributed by atoms with Crippen LogP contribution in [-0.4, -0.2) is 35.0 Å². The molecule has 5 nitrogen and oxygen atoms in total. The normalized spacial score (nSPS) is 23.4. The molecule has 0 radical (unpaired) electrons. The van der Waals surface area contributed by atoms with Crippen LogP contribution in [-0.2, 0) is 0 Å². The highest BCUT2D eigenvalue weighted by Gasteiger charge is 2.40. The van der Waals surface area contributed by atoms with Crippen molar-refractivity contribution in [1.82, 2.24) is 10.2 Å². The minimum Gasteiger partial charge on any atom is -0.369 e. The molecule has 102 valence electrons. The number of hydrogen-bond donors (Lipinski definition) is 2. The van der Waals surface area contributed by atoms with E-state index in [-0.39, 0.29) is 17.0 Å². The van der Waals surface area contributed by atoms with E-state index in [1.807, 2.05) is 0 Å². The molecule has 0 unspecified atom stereocenters. The van der Waals surface area contributed by atoms with Crippen LogP contribution >= 0.6 is 0 Å². The Morgan fingerprint density at radius 2 is 1.89 bits per heavy atom. The third-order valence-corrected chi connectivity index (χ3v) is 3.83. The van der Waals surface area contributed by atoms with Gasteiger partial charge in [0.15, 0.2) is 6.19 Å².